The van der Waals surface area contributed by atoms with E-state index in [9.17, 15) is 14.2 Å². The van der Waals surface area contributed by atoms with Crippen molar-refractivity contribution >= 4 is 19.2 Å². The second-order valence-corrected chi connectivity index (χ2v) is 6.22. The lowest BCUT2D eigenvalue weighted by Gasteiger charge is -2.18. The molecule has 0 aromatic heterocycles. The Labute approximate surface area is 88.1 Å². The number of likely N-dealkylation sites (tertiary alicyclic amines) is 1. The number of rotatable bonds is 3. The second kappa shape index (κ2) is 4.33. The maximum absolute atomic E-state index is 11.6. The highest BCUT2D eigenvalue weighted by atomic mass is 31.2. The number of nitrogens with one attached hydrogen (secondary N) is 1. The molecule has 1 fully saturated rings. The first-order valence-corrected chi connectivity index (χ1v) is 6.94. The van der Waals surface area contributed by atoms with Crippen molar-refractivity contribution in [3.63, 3.8) is 0 Å². The molecule has 0 radical (unpaired) electrons. The van der Waals surface area contributed by atoms with E-state index in [1.807, 2.05) is 0 Å². The molecule has 1 saturated heterocycles. The van der Waals surface area contributed by atoms with Crippen LogP contribution in [0.1, 0.15) is 13.3 Å². The SMILES string of the molecule is CC(=O)NC1CCN(CP(C)(=O)O)C1=O. The Bertz CT molecular complexity index is 325. The van der Waals surface area contributed by atoms with Crippen LogP contribution in [-0.4, -0.2) is 47.1 Å². The van der Waals surface area contributed by atoms with Gasteiger partial charge < -0.3 is 15.1 Å². The Hall–Kier alpha value is -0.870. The van der Waals surface area contributed by atoms with Crippen LogP contribution in [0.25, 0.3) is 0 Å². The van der Waals surface area contributed by atoms with E-state index < -0.39 is 13.4 Å². The minimum Gasteiger partial charge on any atom is -0.344 e. The van der Waals surface area contributed by atoms with E-state index in [0.717, 1.165) is 0 Å². The molecule has 15 heavy (non-hydrogen) atoms. The van der Waals surface area contributed by atoms with Crippen LogP contribution in [-0.2, 0) is 14.2 Å². The van der Waals surface area contributed by atoms with Gasteiger partial charge in [0.1, 0.15) is 6.04 Å². The molecule has 0 aliphatic carbocycles. The summed E-state index contributed by atoms with van der Waals surface area (Å²) in [5, 5.41) is 2.51. The Morgan fingerprint density at radius 1 is 1.73 bits per heavy atom. The number of hydrogen-bond donors (Lipinski definition) is 2. The van der Waals surface area contributed by atoms with Crippen LogP contribution in [0.4, 0.5) is 0 Å². The molecule has 6 nitrogen and oxygen atoms in total. The summed E-state index contributed by atoms with van der Waals surface area (Å²) in [5.74, 6) is -0.541. The number of carbonyl (C=O) groups is 2. The van der Waals surface area contributed by atoms with Gasteiger partial charge in [0.15, 0.2) is 0 Å². The van der Waals surface area contributed by atoms with E-state index in [0.29, 0.717) is 13.0 Å². The van der Waals surface area contributed by atoms with E-state index >= 15 is 0 Å². The van der Waals surface area contributed by atoms with Crippen LogP contribution in [0.15, 0.2) is 0 Å². The normalized spacial score (nSPS) is 25.1. The van der Waals surface area contributed by atoms with E-state index in [1.54, 1.807) is 0 Å². The summed E-state index contributed by atoms with van der Waals surface area (Å²) in [7, 11) is -3.22. The largest absolute Gasteiger partial charge is 0.344 e. The molecule has 2 amide bonds. The fourth-order valence-corrected chi connectivity index (χ4v) is 2.49. The minimum absolute atomic E-state index is 0.137. The van der Waals surface area contributed by atoms with Crippen LogP contribution in [0, 0.1) is 0 Å². The highest BCUT2D eigenvalue weighted by Crippen LogP contribution is 2.37. The van der Waals surface area contributed by atoms with Crippen molar-refractivity contribution in [1.29, 1.82) is 0 Å². The first kappa shape index (κ1) is 12.2. The van der Waals surface area contributed by atoms with Gasteiger partial charge in [0.05, 0.1) is 6.29 Å². The molecule has 0 spiro atoms. The minimum atomic E-state index is -3.22. The van der Waals surface area contributed by atoms with Crippen LogP contribution in [0.5, 0.6) is 0 Å². The predicted octanol–water partition coefficient (Wildman–Crippen LogP) is -0.419. The van der Waals surface area contributed by atoms with Gasteiger partial charge >= 0.3 is 0 Å². The molecule has 7 heteroatoms. The van der Waals surface area contributed by atoms with Crippen molar-refractivity contribution in [3.8, 4) is 0 Å². The van der Waals surface area contributed by atoms with Crippen LogP contribution >= 0.6 is 7.37 Å². The molecule has 0 aromatic rings. The average molecular weight is 234 g/mol. The molecule has 1 aliphatic heterocycles. The van der Waals surface area contributed by atoms with E-state index in [2.05, 4.69) is 5.32 Å². The Balaban J connectivity index is 2.57. The molecule has 0 saturated carbocycles. The van der Waals surface area contributed by atoms with Gasteiger partial charge in [-0.1, -0.05) is 0 Å². The van der Waals surface area contributed by atoms with Crippen molar-refractivity contribution in [3.05, 3.63) is 0 Å². The number of carbonyl (C=O) groups excluding carboxylic acids is 2. The van der Waals surface area contributed by atoms with Crippen LogP contribution < -0.4 is 5.32 Å². The fraction of sp³-hybridized carbons (Fsp3) is 0.750. The summed E-state index contributed by atoms with van der Waals surface area (Å²) in [6.45, 7) is 2.97. The van der Waals surface area contributed by atoms with Crippen molar-refractivity contribution in [2.24, 2.45) is 0 Å². The first-order valence-electron chi connectivity index (χ1n) is 4.65. The molecule has 86 valence electrons. The maximum atomic E-state index is 11.6. The third-order valence-corrected chi connectivity index (χ3v) is 2.97. The monoisotopic (exact) mass is 234 g/mol. The van der Waals surface area contributed by atoms with E-state index in [4.69, 9.17) is 4.89 Å². The Kier molecular flexibility index (Phi) is 3.52. The van der Waals surface area contributed by atoms with Crippen molar-refractivity contribution < 1.29 is 19.0 Å². The highest BCUT2D eigenvalue weighted by molar-refractivity contribution is 7.57. The van der Waals surface area contributed by atoms with Crippen LogP contribution in [0.3, 0.4) is 0 Å². The smallest absolute Gasteiger partial charge is 0.245 e. The summed E-state index contributed by atoms with van der Waals surface area (Å²) < 4.78 is 11.1. The maximum Gasteiger partial charge on any atom is 0.245 e. The van der Waals surface area contributed by atoms with Gasteiger partial charge in [-0.2, -0.15) is 0 Å². The van der Waals surface area contributed by atoms with Gasteiger partial charge in [-0.3, -0.25) is 14.2 Å². The van der Waals surface area contributed by atoms with Crippen LogP contribution in [0.2, 0.25) is 0 Å². The second-order valence-electron chi connectivity index (χ2n) is 3.84. The fourth-order valence-electron chi connectivity index (χ4n) is 1.58. The standard InChI is InChI=1S/C8H15N2O4P/c1-6(11)9-7-3-4-10(8(7)12)5-15(2,13)14/h7H,3-5H2,1-2H3,(H,9,11)(H,13,14). The van der Waals surface area contributed by atoms with Crippen molar-refractivity contribution in [2.45, 2.75) is 19.4 Å². The zero-order chi connectivity index (χ0) is 11.6. The first-order chi connectivity index (χ1) is 6.79. The molecular weight excluding hydrogens is 219 g/mol. The summed E-state index contributed by atoms with van der Waals surface area (Å²) in [5.41, 5.74) is 0. The van der Waals surface area contributed by atoms with Crippen molar-refractivity contribution in [2.75, 3.05) is 19.5 Å². The molecule has 2 N–H and O–H groups in total. The molecule has 1 rings (SSSR count). The van der Waals surface area contributed by atoms with Gasteiger partial charge in [-0.05, 0) is 6.42 Å². The summed E-state index contributed by atoms with van der Waals surface area (Å²) in [6.07, 6.45) is 0.361. The molecule has 0 aromatic carbocycles. The number of hydrogen-bond acceptors (Lipinski definition) is 3. The van der Waals surface area contributed by atoms with Gasteiger partial charge in [0, 0.05) is 20.1 Å². The third kappa shape index (κ3) is 3.64. The highest BCUT2D eigenvalue weighted by Gasteiger charge is 2.34. The zero-order valence-corrected chi connectivity index (χ0v) is 9.66. The lowest BCUT2D eigenvalue weighted by Crippen LogP contribution is -2.40. The molecule has 0 bridgehead atoms. The quantitative estimate of drug-likeness (QED) is 0.649. The predicted molar refractivity (Wildman–Crippen MR) is 54.6 cm³/mol. The zero-order valence-electron chi connectivity index (χ0n) is 8.77. The Morgan fingerprint density at radius 2 is 2.33 bits per heavy atom. The third-order valence-electron chi connectivity index (χ3n) is 2.11. The Morgan fingerprint density at radius 3 is 2.80 bits per heavy atom. The lowest BCUT2D eigenvalue weighted by atomic mass is 10.2. The topological polar surface area (TPSA) is 86.7 Å². The summed E-state index contributed by atoms with van der Waals surface area (Å²) in [6, 6.07) is -0.533. The van der Waals surface area contributed by atoms with E-state index in [-0.39, 0.29) is 18.1 Å². The molecule has 2 atom stereocenters. The molecule has 1 aliphatic rings. The van der Waals surface area contributed by atoms with Crippen molar-refractivity contribution in [1.82, 2.24) is 10.2 Å². The molecule has 2 unspecified atom stereocenters. The number of amides is 2. The number of nitrogens with zero attached hydrogens (tertiary/aromatic N) is 1. The average Bonchev–Trinajstić information content (AvgIpc) is 2.32. The van der Waals surface area contributed by atoms with Gasteiger partial charge in [0.2, 0.25) is 19.2 Å². The molecule has 1 heterocycles. The van der Waals surface area contributed by atoms with Gasteiger partial charge in [-0.25, -0.2) is 0 Å². The van der Waals surface area contributed by atoms with E-state index in [1.165, 1.54) is 18.5 Å². The summed E-state index contributed by atoms with van der Waals surface area (Å²) in [4.78, 5) is 32.8. The van der Waals surface area contributed by atoms with Gasteiger partial charge in [0.25, 0.3) is 0 Å². The lowest BCUT2D eigenvalue weighted by molar-refractivity contribution is -0.131. The summed E-state index contributed by atoms with van der Waals surface area (Å²) >= 11 is 0. The van der Waals surface area contributed by atoms with Gasteiger partial charge in [-0.15, -0.1) is 0 Å². The molecular formula is C8H15N2O4P.